The summed E-state index contributed by atoms with van der Waals surface area (Å²) in [4.78, 5) is 32.6. The molecule has 1 N–H and O–H groups in total. The summed E-state index contributed by atoms with van der Waals surface area (Å²) in [5.41, 5.74) is 4.08. The van der Waals surface area contributed by atoms with Crippen LogP contribution in [0, 0.1) is 5.92 Å². The van der Waals surface area contributed by atoms with Gasteiger partial charge in [0.05, 0.1) is 16.7 Å². The molecule has 1 atom stereocenters. The maximum atomic E-state index is 13.5. The van der Waals surface area contributed by atoms with E-state index in [0.29, 0.717) is 24.6 Å². The minimum Gasteiger partial charge on any atom is -0.444 e. The Labute approximate surface area is 229 Å². The molecule has 1 saturated heterocycles. The first kappa shape index (κ1) is 26.8. The molecule has 2 amide bonds. The molecule has 0 spiro atoms. The lowest BCUT2D eigenvalue weighted by Gasteiger charge is -2.33. The lowest BCUT2D eigenvalue weighted by atomic mass is 10.0. The summed E-state index contributed by atoms with van der Waals surface area (Å²) >= 11 is 0. The Morgan fingerprint density at radius 3 is 2.62 bits per heavy atom. The van der Waals surface area contributed by atoms with Crippen molar-refractivity contribution in [2.45, 2.75) is 65.6 Å². The number of alkyl carbamates (subject to hydrolysis) is 1. The molecule has 206 valence electrons. The van der Waals surface area contributed by atoms with E-state index < -0.39 is 11.7 Å². The molecule has 1 fully saturated rings. The number of likely N-dealkylation sites (tertiary alicyclic amines) is 1. The lowest BCUT2D eigenvalue weighted by molar-refractivity contribution is 0.0452. The molecule has 0 saturated carbocycles. The van der Waals surface area contributed by atoms with Gasteiger partial charge < -0.3 is 24.1 Å². The molecule has 0 radical (unpaired) electrons. The van der Waals surface area contributed by atoms with Crippen LogP contribution in [0.1, 0.15) is 57.8 Å². The van der Waals surface area contributed by atoms with Crippen LogP contribution in [-0.2, 0) is 18.3 Å². The monoisotopic (exact) mass is 529 g/mol. The number of nitrogens with one attached hydrogen (secondary N) is 1. The summed E-state index contributed by atoms with van der Waals surface area (Å²) in [6.07, 6.45) is 1.19. The summed E-state index contributed by atoms with van der Waals surface area (Å²) < 4.78 is 9.86. The molecule has 8 heteroatoms. The molecule has 5 rings (SSSR count). The highest BCUT2D eigenvalue weighted by Gasteiger charge is 2.28. The molecule has 4 aromatic rings. The van der Waals surface area contributed by atoms with Gasteiger partial charge in [0.1, 0.15) is 5.60 Å². The molecule has 0 bridgehead atoms. The number of hydrogen-bond donors (Lipinski definition) is 1. The first-order chi connectivity index (χ1) is 18.5. The molecule has 39 heavy (non-hydrogen) atoms. The van der Waals surface area contributed by atoms with Crippen molar-refractivity contribution in [2.75, 3.05) is 13.1 Å². The van der Waals surface area contributed by atoms with Crippen molar-refractivity contribution >= 4 is 33.9 Å². The van der Waals surface area contributed by atoms with Crippen LogP contribution in [0.15, 0.2) is 48.5 Å². The number of piperidine rings is 1. The number of aromatic nitrogens is 3. The first-order valence-electron chi connectivity index (χ1n) is 13.8. The largest absolute Gasteiger partial charge is 0.444 e. The van der Waals surface area contributed by atoms with Gasteiger partial charge in [-0.1, -0.05) is 32.0 Å². The van der Waals surface area contributed by atoms with E-state index in [4.69, 9.17) is 9.72 Å². The van der Waals surface area contributed by atoms with E-state index in [2.05, 4.69) is 58.6 Å². The molecule has 3 heterocycles. The van der Waals surface area contributed by atoms with Crippen LogP contribution in [0.3, 0.4) is 0 Å². The zero-order chi connectivity index (χ0) is 27.9. The fourth-order valence-electron chi connectivity index (χ4n) is 5.46. The maximum Gasteiger partial charge on any atom is 0.407 e. The lowest BCUT2D eigenvalue weighted by Crippen LogP contribution is -2.50. The average Bonchev–Trinajstić information content (AvgIpc) is 3.39. The number of fused-ring (bicyclic) bond motifs is 2. The zero-order valence-corrected chi connectivity index (χ0v) is 23.8. The zero-order valence-electron chi connectivity index (χ0n) is 23.8. The number of imidazole rings is 1. The Morgan fingerprint density at radius 1 is 1.10 bits per heavy atom. The minimum atomic E-state index is -0.561. The van der Waals surface area contributed by atoms with Gasteiger partial charge >= 0.3 is 6.09 Å². The van der Waals surface area contributed by atoms with Crippen molar-refractivity contribution in [3.63, 3.8) is 0 Å². The summed E-state index contributed by atoms with van der Waals surface area (Å²) in [7, 11) is 2.03. The standard InChI is InChI=1S/C31H39N5O3/c1-20(2)18-36-25-12-8-7-10-21(25)17-27(36)28-33-24-16-22(13-14-26(24)34(28)6)29(37)35-15-9-11-23(19-35)32-30(38)39-31(3,4)5/h7-8,10,12-14,16-17,20,23H,9,11,15,18-19H2,1-6H3,(H,32,38)/t23-/m1/s1. The van der Waals surface area contributed by atoms with Crippen molar-refractivity contribution in [2.24, 2.45) is 13.0 Å². The van der Waals surface area contributed by atoms with Crippen LogP contribution in [-0.4, -0.2) is 55.8 Å². The number of amides is 2. The molecule has 1 aliphatic rings. The molecule has 2 aromatic carbocycles. The SMILES string of the molecule is CC(C)Cn1c(-c2nc3cc(C(=O)N4CCC[C@@H](NC(=O)OC(C)(C)C)C4)ccc3n2C)cc2ccccc21. The Kier molecular flexibility index (Phi) is 7.14. The van der Waals surface area contributed by atoms with Gasteiger partial charge in [0.25, 0.3) is 5.91 Å². The van der Waals surface area contributed by atoms with E-state index in [-0.39, 0.29) is 11.9 Å². The second kappa shape index (κ2) is 10.4. The normalized spacial score (nSPS) is 16.3. The van der Waals surface area contributed by atoms with Crippen LogP contribution >= 0.6 is 0 Å². The van der Waals surface area contributed by atoms with Crippen molar-refractivity contribution in [3.8, 4) is 11.5 Å². The highest BCUT2D eigenvalue weighted by molar-refractivity contribution is 5.98. The predicted molar refractivity (Wildman–Crippen MR) is 155 cm³/mol. The van der Waals surface area contributed by atoms with E-state index in [1.54, 1.807) is 0 Å². The third-order valence-corrected chi connectivity index (χ3v) is 7.14. The Bertz CT molecular complexity index is 1520. The second-order valence-electron chi connectivity index (χ2n) is 12.0. The number of nitrogens with zero attached hydrogens (tertiary/aromatic N) is 4. The molecule has 0 aliphatic carbocycles. The molecule has 0 unspecified atom stereocenters. The summed E-state index contributed by atoms with van der Waals surface area (Å²) in [6, 6.07) is 16.3. The highest BCUT2D eigenvalue weighted by Crippen LogP contribution is 2.31. The predicted octanol–water partition coefficient (Wildman–Crippen LogP) is 5.98. The van der Waals surface area contributed by atoms with Crippen LogP contribution in [0.4, 0.5) is 4.79 Å². The third kappa shape index (κ3) is 5.65. The Balaban J connectivity index is 1.41. The quantitative estimate of drug-likeness (QED) is 0.345. The van der Waals surface area contributed by atoms with Crippen LogP contribution < -0.4 is 5.32 Å². The maximum absolute atomic E-state index is 13.5. The van der Waals surface area contributed by atoms with E-state index in [9.17, 15) is 9.59 Å². The van der Waals surface area contributed by atoms with Gasteiger partial charge in [0.15, 0.2) is 5.82 Å². The molecule has 8 nitrogen and oxygen atoms in total. The Morgan fingerprint density at radius 2 is 1.87 bits per heavy atom. The van der Waals surface area contributed by atoms with Gasteiger partial charge in [0.2, 0.25) is 0 Å². The molecular weight excluding hydrogens is 490 g/mol. The van der Waals surface area contributed by atoms with E-state index in [1.165, 1.54) is 10.9 Å². The number of carbonyl (C=O) groups is 2. The number of benzene rings is 2. The number of ether oxygens (including phenoxy) is 1. The molecular formula is C31H39N5O3. The topological polar surface area (TPSA) is 81.4 Å². The van der Waals surface area contributed by atoms with E-state index >= 15 is 0 Å². The second-order valence-corrected chi connectivity index (χ2v) is 12.0. The summed E-state index contributed by atoms with van der Waals surface area (Å²) in [5.74, 6) is 1.32. The van der Waals surface area contributed by atoms with Crippen LogP contribution in [0.2, 0.25) is 0 Å². The van der Waals surface area contributed by atoms with Gasteiger partial charge in [-0.15, -0.1) is 0 Å². The van der Waals surface area contributed by atoms with Gasteiger partial charge in [-0.3, -0.25) is 4.79 Å². The number of para-hydroxylation sites is 1. The third-order valence-electron chi connectivity index (χ3n) is 7.14. The van der Waals surface area contributed by atoms with Crippen molar-refractivity contribution in [1.82, 2.24) is 24.3 Å². The van der Waals surface area contributed by atoms with E-state index in [0.717, 1.165) is 41.9 Å². The highest BCUT2D eigenvalue weighted by atomic mass is 16.6. The Hall–Kier alpha value is -3.81. The number of hydrogen-bond acceptors (Lipinski definition) is 4. The van der Waals surface area contributed by atoms with E-state index in [1.807, 2.05) is 50.9 Å². The first-order valence-corrected chi connectivity index (χ1v) is 13.8. The van der Waals surface area contributed by atoms with Crippen molar-refractivity contribution in [1.29, 1.82) is 0 Å². The summed E-state index contributed by atoms with van der Waals surface area (Å²) in [6.45, 7) is 12.0. The van der Waals surface area contributed by atoms with Crippen LogP contribution in [0.25, 0.3) is 33.5 Å². The smallest absolute Gasteiger partial charge is 0.407 e. The summed E-state index contributed by atoms with van der Waals surface area (Å²) in [5, 5.41) is 4.12. The number of aryl methyl sites for hydroxylation is 1. The fourth-order valence-corrected chi connectivity index (χ4v) is 5.46. The van der Waals surface area contributed by atoms with Gasteiger partial charge in [0, 0.05) is 49.2 Å². The van der Waals surface area contributed by atoms with Crippen molar-refractivity contribution in [3.05, 3.63) is 54.1 Å². The average molecular weight is 530 g/mol. The number of rotatable bonds is 5. The van der Waals surface area contributed by atoms with Gasteiger partial charge in [-0.2, -0.15) is 0 Å². The number of carbonyl (C=O) groups excluding carboxylic acids is 2. The molecule has 2 aromatic heterocycles. The van der Waals surface area contributed by atoms with Crippen molar-refractivity contribution < 1.29 is 14.3 Å². The van der Waals surface area contributed by atoms with Gasteiger partial charge in [-0.05, 0) is 69.9 Å². The van der Waals surface area contributed by atoms with Gasteiger partial charge in [-0.25, -0.2) is 9.78 Å². The fraction of sp³-hybridized carbons (Fsp3) is 0.452. The molecule has 1 aliphatic heterocycles. The van der Waals surface area contributed by atoms with Crippen LogP contribution in [0.5, 0.6) is 0 Å². The minimum absolute atomic E-state index is 0.0475.